The van der Waals surface area contributed by atoms with Gasteiger partial charge < -0.3 is 18.9 Å². The number of methoxy groups -OCH3 is 1. The molecule has 0 spiro atoms. The molecule has 3 rings (SSSR count). The minimum Gasteiger partial charge on any atom is -0.495 e. The van der Waals surface area contributed by atoms with Crippen molar-refractivity contribution < 1.29 is 32.2 Å². The van der Waals surface area contributed by atoms with Gasteiger partial charge in [-0.15, -0.1) is 0 Å². The molecule has 0 atom stereocenters. The van der Waals surface area contributed by atoms with Crippen LogP contribution in [0.2, 0.25) is 5.02 Å². The summed E-state index contributed by atoms with van der Waals surface area (Å²) in [5.41, 5.74) is 0.231. The van der Waals surface area contributed by atoms with Gasteiger partial charge in [-0.1, -0.05) is 11.6 Å². The summed E-state index contributed by atoms with van der Waals surface area (Å²) in [7, 11) is -2.72. The fraction of sp³-hybridized carbons (Fsp3) is 0.316. The maximum absolute atomic E-state index is 13.3. The SMILES string of the molecule is CCOC(=O)CN(c1ccc2c(c1)OCCO2)S(=O)(=O)c1ccc(OC)c(Cl)c1. The molecule has 2 aromatic carbocycles. The lowest BCUT2D eigenvalue weighted by Crippen LogP contribution is -2.36. The lowest BCUT2D eigenvalue weighted by molar-refractivity contribution is -0.141. The molecule has 2 aromatic rings. The topological polar surface area (TPSA) is 91.4 Å². The van der Waals surface area contributed by atoms with E-state index in [-0.39, 0.29) is 22.2 Å². The predicted molar refractivity (Wildman–Crippen MR) is 107 cm³/mol. The van der Waals surface area contributed by atoms with Crippen LogP contribution in [-0.4, -0.2) is 47.9 Å². The summed E-state index contributed by atoms with van der Waals surface area (Å²) < 4.78 is 48.7. The Morgan fingerprint density at radius 2 is 1.86 bits per heavy atom. The zero-order valence-electron chi connectivity index (χ0n) is 15.9. The molecule has 0 bridgehead atoms. The Morgan fingerprint density at radius 1 is 1.14 bits per heavy atom. The van der Waals surface area contributed by atoms with Gasteiger partial charge in [-0.2, -0.15) is 0 Å². The largest absolute Gasteiger partial charge is 0.495 e. The average molecular weight is 442 g/mol. The van der Waals surface area contributed by atoms with Crippen molar-refractivity contribution in [3.8, 4) is 17.2 Å². The van der Waals surface area contributed by atoms with E-state index in [1.54, 1.807) is 13.0 Å². The van der Waals surface area contributed by atoms with Gasteiger partial charge in [-0.25, -0.2) is 8.42 Å². The zero-order valence-corrected chi connectivity index (χ0v) is 17.5. The molecule has 0 N–H and O–H groups in total. The van der Waals surface area contributed by atoms with E-state index >= 15 is 0 Å². The van der Waals surface area contributed by atoms with Crippen molar-refractivity contribution in [2.75, 3.05) is 37.8 Å². The highest BCUT2D eigenvalue weighted by Crippen LogP contribution is 2.36. The average Bonchev–Trinajstić information content (AvgIpc) is 2.71. The first kappa shape index (κ1) is 21.1. The third-order valence-electron chi connectivity index (χ3n) is 4.10. The number of carbonyl (C=O) groups excluding carboxylic acids is 1. The maximum Gasteiger partial charge on any atom is 0.326 e. The second-order valence-electron chi connectivity index (χ2n) is 5.94. The van der Waals surface area contributed by atoms with E-state index < -0.39 is 22.5 Å². The molecule has 0 saturated heterocycles. The molecule has 1 aliphatic rings. The number of rotatable bonds is 7. The monoisotopic (exact) mass is 441 g/mol. The summed E-state index contributed by atoms with van der Waals surface area (Å²) in [5, 5.41) is 0.131. The summed E-state index contributed by atoms with van der Waals surface area (Å²) in [5.74, 6) is 0.541. The van der Waals surface area contributed by atoms with Crippen LogP contribution in [0.5, 0.6) is 17.2 Å². The van der Waals surface area contributed by atoms with Gasteiger partial charge in [0.1, 0.15) is 25.5 Å². The Morgan fingerprint density at radius 3 is 2.52 bits per heavy atom. The maximum atomic E-state index is 13.3. The van der Waals surface area contributed by atoms with E-state index in [1.165, 1.54) is 37.4 Å². The number of halogens is 1. The number of hydrogen-bond acceptors (Lipinski definition) is 7. The molecule has 0 saturated carbocycles. The molecule has 0 amide bonds. The van der Waals surface area contributed by atoms with Gasteiger partial charge in [0, 0.05) is 6.07 Å². The number of nitrogens with zero attached hydrogens (tertiary/aromatic N) is 1. The molecule has 29 heavy (non-hydrogen) atoms. The number of sulfonamides is 1. The molecule has 0 aromatic heterocycles. The Balaban J connectivity index is 2.05. The molecule has 1 aliphatic heterocycles. The highest BCUT2D eigenvalue weighted by atomic mass is 35.5. The van der Waals surface area contributed by atoms with Crippen LogP contribution in [-0.2, 0) is 19.6 Å². The molecule has 0 radical (unpaired) electrons. The van der Waals surface area contributed by atoms with Crippen LogP contribution in [0.25, 0.3) is 0 Å². The fourth-order valence-electron chi connectivity index (χ4n) is 2.76. The first-order valence-electron chi connectivity index (χ1n) is 8.78. The third kappa shape index (κ3) is 4.51. The van der Waals surface area contributed by atoms with Gasteiger partial charge in [-0.05, 0) is 37.3 Å². The van der Waals surface area contributed by atoms with Crippen molar-refractivity contribution in [3.05, 3.63) is 41.4 Å². The van der Waals surface area contributed by atoms with E-state index in [9.17, 15) is 13.2 Å². The van der Waals surface area contributed by atoms with Crippen LogP contribution < -0.4 is 18.5 Å². The molecular formula is C19H20ClNO7S. The Kier molecular flexibility index (Phi) is 6.39. The number of fused-ring (bicyclic) bond motifs is 1. The van der Waals surface area contributed by atoms with Gasteiger partial charge in [0.15, 0.2) is 11.5 Å². The number of anilines is 1. The molecule has 0 aliphatic carbocycles. The van der Waals surface area contributed by atoms with Crippen molar-refractivity contribution >= 4 is 33.3 Å². The molecular weight excluding hydrogens is 422 g/mol. The minimum absolute atomic E-state index is 0.0949. The Hall–Kier alpha value is -2.65. The molecule has 10 heteroatoms. The molecule has 156 valence electrons. The van der Waals surface area contributed by atoms with Crippen molar-refractivity contribution in [1.82, 2.24) is 0 Å². The van der Waals surface area contributed by atoms with Crippen LogP contribution in [0.1, 0.15) is 6.92 Å². The van der Waals surface area contributed by atoms with Gasteiger partial charge in [0.25, 0.3) is 10.0 Å². The number of esters is 1. The van der Waals surface area contributed by atoms with Crippen LogP contribution >= 0.6 is 11.6 Å². The van der Waals surface area contributed by atoms with Crippen LogP contribution in [0.15, 0.2) is 41.3 Å². The molecule has 1 heterocycles. The number of hydrogen-bond donors (Lipinski definition) is 0. The minimum atomic E-state index is -4.15. The normalized spacial score (nSPS) is 12.9. The highest BCUT2D eigenvalue weighted by molar-refractivity contribution is 7.92. The molecule has 0 fully saturated rings. The summed E-state index contributed by atoms with van der Waals surface area (Å²) in [4.78, 5) is 12.0. The Labute approximate surface area is 173 Å². The van der Waals surface area contributed by atoms with Gasteiger partial charge >= 0.3 is 5.97 Å². The lowest BCUT2D eigenvalue weighted by Gasteiger charge is -2.26. The fourth-order valence-corrected chi connectivity index (χ4v) is 4.51. The number of benzene rings is 2. The van der Waals surface area contributed by atoms with E-state index in [2.05, 4.69) is 0 Å². The first-order chi connectivity index (χ1) is 13.9. The molecule has 8 nitrogen and oxygen atoms in total. The van der Waals surface area contributed by atoms with Gasteiger partial charge in [0.05, 0.1) is 29.3 Å². The summed E-state index contributed by atoms with van der Waals surface area (Å²) in [6, 6.07) is 8.72. The second kappa shape index (κ2) is 8.79. The predicted octanol–water partition coefficient (Wildman–Crippen LogP) is 2.88. The van der Waals surface area contributed by atoms with E-state index in [0.29, 0.717) is 30.5 Å². The van der Waals surface area contributed by atoms with Crippen LogP contribution in [0, 0.1) is 0 Å². The Bertz CT molecular complexity index is 1010. The van der Waals surface area contributed by atoms with Gasteiger partial charge in [-0.3, -0.25) is 9.10 Å². The van der Waals surface area contributed by atoms with Crippen molar-refractivity contribution in [3.63, 3.8) is 0 Å². The zero-order chi connectivity index (χ0) is 21.0. The van der Waals surface area contributed by atoms with Crippen molar-refractivity contribution in [1.29, 1.82) is 0 Å². The summed E-state index contributed by atoms with van der Waals surface area (Å²) in [6.45, 7) is 2.00. The van der Waals surface area contributed by atoms with Crippen LogP contribution in [0.3, 0.4) is 0 Å². The quantitative estimate of drug-likeness (QED) is 0.610. The summed E-state index contributed by atoms with van der Waals surface area (Å²) in [6.07, 6.45) is 0. The van der Waals surface area contributed by atoms with Crippen molar-refractivity contribution in [2.24, 2.45) is 0 Å². The standard InChI is InChI=1S/C19H20ClNO7S/c1-3-26-19(22)12-21(13-4-6-17-18(10-13)28-9-8-27-17)29(23,24)14-5-7-16(25-2)15(20)11-14/h4-7,10-11H,3,8-9,12H2,1-2H3. The lowest BCUT2D eigenvalue weighted by atomic mass is 10.2. The van der Waals surface area contributed by atoms with E-state index in [1.807, 2.05) is 0 Å². The summed E-state index contributed by atoms with van der Waals surface area (Å²) >= 11 is 6.10. The van der Waals surface area contributed by atoms with Crippen LogP contribution in [0.4, 0.5) is 5.69 Å². The number of ether oxygens (including phenoxy) is 4. The first-order valence-corrected chi connectivity index (χ1v) is 10.6. The second-order valence-corrected chi connectivity index (χ2v) is 8.21. The third-order valence-corrected chi connectivity index (χ3v) is 6.17. The highest BCUT2D eigenvalue weighted by Gasteiger charge is 2.29. The van der Waals surface area contributed by atoms with E-state index in [0.717, 1.165) is 4.31 Å². The number of carbonyl (C=O) groups is 1. The smallest absolute Gasteiger partial charge is 0.326 e. The van der Waals surface area contributed by atoms with Gasteiger partial charge in [0.2, 0.25) is 0 Å². The van der Waals surface area contributed by atoms with E-state index in [4.69, 9.17) is 30.5 Å². The van der Waals surface area contributed by atoms with Crippen molar-refractivity contribution in [2.45, 2.75) is 11.8 Å². The molecule has 0 unspecified atom stereocenters.